The summed E-state index contributed by atoms with van der Waals surface area (Å²) in [4.78, 5) is 18.6. The molecule has 12 heteroatoms. The number of phenols is 1. The number of halogens is 3. The van der Waals surface area contributed by atoms with Crippen LogP contribution in [0.4, 0.5) is 19.0 Å². The van der Waals surface area contributed by atoms with Crippen molar-refractivity contribution in [2.45, 2.75) is 70.6 Å². The molecule has 1 aliphatic carbocycles. The third-order valence-electron chi connectivity index (χ3n) is 10.5. The number of hydrogen-bond donors (Lipinski definition) is 2. The molecule has 1 saturated carbocycles. The van der Waals surface area contributed by atoms with Crippen LogP contribution in [0.15, 0.2) is 24.3 Å². The van der Waals surface area contributed by atoms with E-state index in [0.29, 0.717) is 60.2 Å². The highest BCUT2D eigenvalue weighted by Gasteiger charge is 2.46. The number of alkyl halides is 1. The second kappa shape index (κ2) is 12.2. The highest BCUT2D eigenvalue weighted by molar-refractivity contribution is 6.03. The van der Waals surface area contributed by atoms with Crippen LogP contribution in [0.1, 0.15) is 51.0 Å². The maximum Gasteiger partial charge on any atom is 0.319 e. The minimum absolute atomic E-state index is 0.0129. The van der Waals surface area contributed by atoms with Crippen LogP contribution in [0.2, 0.25) is 0 Å². The molecule has 2 bridgehead atoms. The number of piperazine rings is 1. The summed E-state index contributed by atoms with van der Waals surface area (Å²) in [6.45, 7) is 7.45. The Hall–Kier alpha value is -3.90. The largest absolute Gasteiger partial charge is 0.508 e. The van der Waals surface area contributed by atoms with Gasteiger partial charge in [0, 0.05) is 49.2 Å². The number of pyridine rings is 1. The molecule has 0 spiro atoms. The Balaban J connectivity index is 1.25. The summed E-state index contributed by atoms with van der Waals surface area (Å²) in [6, 6.07) is 6.41. The van der Waals surface area contributed by atoms with Gasteiger partial charge < -0.3 is 24.8 Å². The molecule has 5 heterocycles. The van der Waals surface area contributed by atoms with Crippen LogP contribution in [0, 0.1) is 24.0 Å². The van der Waals surface area contributed by atoms with Crippen LogP contribution in [-0.2, 0) is 0 Å². The predicted octanol–water partition coefficient (Wildman–Crippen LogP) is 6.07. The Labute approximate surface area is 277 Å². The zero-order chi connectivity index (χ0) is 33.2. The van der Waals surface area contributed by atoms with Crippen LogP contribution < -0.4 is 19.7 Å². The van der Waals surface area contributed by atoms with E-state index in [2.05, 4.69) is 20.1 Å². The van der Waals surface area contributed by atoms with E-state index in [9.17, 15) is 13.9 Å². The number of anilines is 1. The molecule has 8 rings (SSSR count). The standard InChI is InChI=1S/C36H41F3N6O3/c1-3-47-34-29-32(30(39)31(41-34)26-14-25(46)13-21-6-9-27(38)20(2)28(21)26)42-35(43-33(29)45-16-23-7-8-24(17-45)40-23)48-19-36(10-11-36)18-44-12-4-5-22(37)15-44/h6,9,13-14,22-24,40,46H,3-5,7-8,10-12,15-19H2,1-2H3/t22-,23-,24+/m1/s1. The minimum Gasteiger partial charge on any atom is -0.508 e. The van der Waals surface area contributed by atoms with E-state index < -0.39 is 17.8 Å². The van der Waals surface area contributed by atoms with E-state index in [1.54, 1.807) is 13.0 Å². The summed E-state index contributed by atoms with van der Waals surface area (Å²) in [5.74, 6) is -0.631. The summed E-state index contributed by atoms with van der Waals surface area (Å²) in [5.41, 5.74) is 0.300. The van der Waals surface area contributed by atoms with E-state index in [1.165, 1.54) is 18.2 Å². The molecule has 4 aromatic rings. The summed E-state index contributed by atoms with van der Waals surface area (Å²) in [5, 5.41) is 15.6. The summed E-state index contributed by atoms with van der Waals surface area (Å²) in [6.07, 6.45) is 4.66. The molecule has 4 fully saturated rings. The number of aromatic nitrogens is 3. The predicted molar refractivity (Wildman–Crippen MR) is 178 cm³/mol. The number of aromatic hydroxyl groups is 1. The monoisotopic (exact) mass is 662 g/mol. The van der Waals surface area contributed by atoms with Gasteiger partial charge in [0.15, 0.2) is 5.82 Å². The van der Waals surface area contributed by atoms with E-state index in [0.717, 1.165) is 45.2 Å². The number of phenolic OH excluding ortho intramolecular Hbond substituents is 1. The number of nitrogens with zero attached hydrogens (tertiary/aromatic N) is 5. The molecule has 3 saturated heterocycles. The molecule has 4 aliphatic rings. The summed E-state index contributed by atoms with van der Waals surface area (Å²) in [7, 11) is 0. The van der Waals surface area contributed by atoms with Gasteiger partial charge in [-0.05, 0) is 93.5 Å². The highest BCUT2D eigenvalue weighted by atomic mass is 19.1. The summed E-state index contributed by atoms with van der Waals surface area (Å²) >= 11 is 0. The average molecular weight is 663 g/mol. The number of hydrogen-bond acceptors (Lipinski definition) is 9. The van der Waals surface area contributed by atoms with Gasteiger partial charge in [-0.15, -0.1) is 0 Å². The van der Waals surface area contributed by atoms with Crippen LogP contribution in [0.3, 0.4) is 0 Å². The van der Waals surface area contributed by atoms with Gasteiger partial charge in [0.1, 0.15) is 40.2 Å². The second-order valence-electron chi connectivity index (χ2n) is 14.1. The second-order valence-corrected chi connectivity index (χ2v) is 14.1. The van der Waals surface area contributed by atoms with Crippen LogP contribution in [-0.4, -0.2) is 89.2 Å². The number of benzene rings is 2. The maximum atomic E-state index is 17.1. The fraction of sp³-hybridized carbons (Fsp3) is 0.528. The Morgan fingerprint density at radius 3 is 2.52 bits per heavy atom. The number of piperidine rings is 1. The topological polar surface area (TPSA) is 95.9 Å². The van der Waals surface area contributed by atoms with Gasteiger partial charge in [-0.3, -0.25) is 4.90 Å². The van der Waals surface area contributed by atoms with E-state index in [4.69, 9.17) is 19.4 Å². The van der Waals surface area contributed by atoms with Crippen molar-refractivity contribution in [2.24, 2.45) is 5.41 Å². The van der Waals surface area contributed by atoms with Crippen LogP contribution in [0.25, 0.3) is 32.9 Å². The lowest BCUT2D eigenvalue weighted by molar-refractivity contribution is 0.0974. The van der Waals surface area contributed by atoms with Crippen LogP contribution in [0.5, 0.6) is 17.6 Å². The number of fused-ring (bicyclic) bond motifs is 4. The van der Waals surface area contributed by atoms with E-state index in [-0.39, 0.29) is 58.5 Å². The first kappa shape index (κ1) is 31.4. The van der Waals surface area contributed by atoms with Crippen LogP contribution >= 0.6 is 0 Å². The third-order valence-corrected chi connectivity index (χ3v) is 10.5. The molecule has 9 nitrogen and oxygen atoms in total. The quantitative estimate of drug-likeness (QED) is 0.222. The molecule has 3 aliphatic heterocycles. The molecule has 48 heavy (non-hydrogen) atoms. The summed E-state index contributed by atoms with van der Waals surface area (Å²) < 4.78 is 58.5. The fourth-order valence-electron chi connectivity index (χ4n) is 7.94. The van der Waals surface area contributed by atoms with Crippen molar-refractivity contribution in [1.29, 1.82) is 0 Å². The van der Waals surface area contributed by atoms with Gasteiger partial charge in [0.05, 0.1) is 13.2 Å². The van der Waals surface area contributed by atoms with E-state index >= 15 is 4.39 Å². The van der Waals surface area contributed by atoms with Crippen molar-refractivity contribution in [2.75, 3.05) is 50.8 Å². The molecular formula is C36H41F3N6O3. The van der Waals surface area contributed by atoms with Crippen molar-refractivity contribution >= 4 is 27.5 Å². The van der Waals surface area contributed by atoms with Crippen molar-refractivity contribution in [3.05, 3.63) is 41.5 Å². The van der Waals surface area contributed by atoms with Gasteiger partial charge >= 0.3 is 6.01 Å². The maximum absolute atomic E-state index is 17.1. The molecule has 2 N–H and O–H groups in total. The van der Waals surface area contributed by atoms with Crippen molar-refractivity contribution in [1.82, 2.24) is 25.2 Å². The lowest BCUT2D eigenvalue weighted by Gasteiger charge is -2.34. The third kappa shape index (κ3) is 5.76. The number of likely N-dealkylation sites (tertiary alicyclic amines) is 1. The Bertz CT molecular complexity index is 1880. The molecule has 0 unspecified atom stereocenters. The lowest BCUT2D eigenvalue weighted by Crippen LogP contribution is -2.51. The van der Waals surface area contributed by atoms with Gasteiger partial charge in [0.2, 0.25) is 5.88 Å². The van der Waals surface area contributed by atoms with Crippen molar-refractivity contribution in [3.63, 3.8) is 0 Å². The van der Waals surface area contributed by atoms with Crippen molar-refractivity contribution < 1.29 is 27.8 Å². The van der Waals surface area contributed by atoms with Gasteiger partial charge in [-0.2, -0.15) is 9.97 Å². The molecule has 2 aromatic carbocycles. The molecule has 254 valence electrons. The zero-order valence-electron chi connectivity index (χ0n) is 27.4. The fourth-order valence-corrected chi connectivity index (χ4v) is 7.94. The minimum atomic E-state index is -0.801. The lowest BCUT2D eigenvalue weighted by atomic mass is 9.96. The Morgan fingerprint density at radius 1 is 1.00 bits per heavy atom. The first-order chi connectivity index (χ1) is 23.2. The zero-order valence-corrected chi connectivity index (χ0v) is 27.4. The molecule has 2 aromatic heterocycles. The molecule has 0 radical (unpaired) electrons. The van der Waals surface area contributed by atoms with Gasteiger partial charge in [-0.1, -0.05) is 6.07 Å². The normalized spacial score (nSPS) is 23.6. The van der Waals surface area contributed by atoms with Gasteiger partial charge in [0.25, 0.3) is 0 Å². The molecule has 3 atom stereocenters. The smallest absolute Gasteiger partial charge is 0.319 e. The highest BCUT2D eigenvalue weighted by Crippen LogP contribution is 2.47. The number of ether oxygens (including phenoxy) is 2. The first-order valence-electron chi connectivity index (χ1n) is 17.2. The number of nitrogens with one attached hydrogen (secondary N) is 1. The average Bonchev–Trinajstić information content (AvgIpc) is 3.75. The Kier molecular flexibility index (Phi) is 7.98. The van der Waals surface area contributed by atoms with E-state index in [1.807, 2.05) is 6.92 Å². The SMILES string of the molecule is CCOc1nc(-c2cc(O)cc3ccc(F)c(C)c23)c(F)c2nc(OCC3(CN4CCC[C@@H](F)C4)CC3)nc(N3C[C@H]4CC[C@@H](C3)N4)c12. The molecular weight excluding hydrogens is 621 g/mol. The first-order valence-corrected chi connectivity index (χ1v) is 17.2. The van der Waals surface area contributed by atoms with Gasteiger partial charge in [-0.25, -0.2) is 18.2 Å². The van der Waals surface area contributed by atoms with Crippen molar-refractivity contribution in [3.8, 4) is 28.9 Å². The molecule has 0 amide bonds. The number of rotatable bonds is 9. The number of aryl methyl sites for hydroxylation is 1. The Morgan fingerprint density at radius 2 is 1.79 bits per heavy atom.